The quantitative estimate of drug-likeness (QED) is 0.210. The summed E-state index contributed by atoms with van der Waals surface area (Å²) in [5, 5.41) is 0. The number of anilines is 5. The number of nitrogens with zero attached hydrogens (tertiary/aromatic N) is 2. The van der Waals surface area contributed by atoms with E-state index >= 15 is 0 Å². The molecule has 0 aliphatic heterocycles. The highest BCUT2D eigenvalue weighted by atomic mass is 16.2. The zero-order chi connectivity index (χ0) is 26.5. The Morgan fingerprint density at radius 1 is 0.605 bits per heavy atom. The number of carbonyl (C=O) groups is 1. The molecule has 0 N–H and O–H groups in total. The van der Waals surface area contributed by atoms with E-state index in [1.165, 1.54) is 6.08 Å². The van der Waals surface area contributed by atoms with Crippen molar-refractivity contribution in [1.82, 2.24) is 0 Å². The molecule has 5 rings (SSSR count). The molecule has 5 aromatic rings. The molecule has 0 aromatic heterocycles. The molecule has 0 unspecified atom stereocenters. The number of amides is 1. The van der Waals surface area contributed by atoms with Gasteiger partial charge in [-0.2, -0.15) is 0 Å². The normalized spacial score (nSPS) is 10.6. The van der Waals surface area contributed by atoms with Gasteiger partial charge in [-0.1, -0.05) is 104 Å². The Bertz CT molecular complexity index is 1570. The zero-order valence-corrected chi connectivity index (χ0v) is 21.7. The predicted octanol–water partition coefficient (Wildman–Crippen LogP) is 9.29. The van der Waals surface area contributed by atoms with Crippen molar-refractivity contribution in [2.24, 2.45) is 0 Å². The molecule has 0 saturated carbocycles. The van der Waals surface area contributed by atoms with Crippen LogP contribution in [0.1, 0.15) is 11.1 Å². The fourth-order valence-corrected chi connectivity index (χ4v) is 4.85. The minimum absolute atomic E-state index is 0.191. The van der Waals surface area contributed by atoms with Crippen LogP contribution in [0.15, 0.2) is 140 Å². The van der Waals surface area contributed by atoms with Gasteiger partial charge in [-0.05, 0) is 66.9 Å². The van der Waals surface area contributed by atoms with Gasteiger partial charge in [0.05, 0.1) is 17.1 Å². The first-order valence-corrected chi connectivity index (χ1v) is 12.7. The van der Waals surface area contributed by atoms with Crippen molar-refractivity contribution in [3.63, 3.8) is 0 Å². The van der Waals surface area contributed by atoms with Crippen molar-refractivity contribution < 1.29 is 4.79 Å². The van der Waals surface area contributed by atoms with Crippen molar-refractivity contribution in [2.75, 3.05) is 9.80 Å². The number of hydrogen-bond acceptors (Lipinski definition) is 2. The summed E-state index contributed by atoms with van der Waals surface area (Å²) >= 11 is 0. The van der Waals surface area contributed by atoms with Crippen molar-refractivity contribution in [3.8, 4) is 11.1 Å². The lowest BCUT2D eigenvalue weighted by Gasteiger charge is -2.34. The maximum atomic E-state index is 13.6. The molecule has 0 saturated heterocycles. The first-order chi connectivity index (χ1) is 18.6. The molecule has 0 radical (unpaired) electrons. The highest BCUT2D eigenvalue weighted by Crippen LogP contribution is 2.48. The van der Waals surface area contributed by atoms with E-state index in [9.17, 15) is 4.79 Å². The van der Waals surface area contributed by atoms with Crippen LogP contribution in [0, 0.1) is 13.8 Å². The van der Waals surface area contributed by atoms with Crippen molar-refractivity contribution >= 4 is 34.3 Å². The topological polar surface area (TPSA) is 23.6 Å². The fraction of sp³-hybridized carbons (Fsp3) is 0.0571. The van der Waals surface area contributed by atoms with Crippen LogP contribution < -0.4 is 9.80 Å². The zero-order valence-electron chi connectivity index (χ0n) is 21.7. The molecule has 186 valence electrons. The molecule has 0 fully saturated rings. The largest absolute Gasteiger partial charge is 0.308 e. The van der Waals surface area contributed by atoms with E-state index in [0.717, 1.165) is 50.7 Å². The summed E-state index contributed by atoms with van der Waals surface area (Å²) in [4.78, 5) is 17.7. The molecule has 0 spiro atoms. The third-order valence-corrected chi connectivity index (χ3v) is 6.69. The van der Waals surface area contributed by atoms with Crippen LogP contribution in [0.3, 0.4) is 0 Å². The number of hydrogen-bond donors (Lipinski definition) is 0. The van der Waals surface area contributed by atoms with E-state index < -0.39 is 0 Å². The molecule has 5 aromatic carbocycles. The molecule has 3 nitrogen and oxygen atoms in total. The van der Waals surface area contributed by atoms with Crippen molar-refractivity contribution in [2.45, 2.75) is 13.8 Å². The molecule has 0 aliphatic rings. The lowest BCUT2D eigenvalue weighted by Crippen LogP contribution is -2.27. The lowest BCUT2D eigenvalue weighted by molar-refractivity contribution is -0.113. The Labute approximate surface area is 224 Å². The molecule has 0 aliphatic carbocycles. The van der Waals surface area contributed by atoms with Crippen LogP contribution in [-0.4, -0.2) is 5.91 Å². The second kappa shape index (κ2) is 11.0. The Balaban J connectivity index is 1.91. The summed E-state index contributed by atoms with van der Waals surface area (Å²) in [6.07, 6.45) is 1.38. The number of benzene rings is 5. The van der Waals surface area contributed by atoms with Gasteiger partial charge in [0.1, 0.15) is 0 Å². The molecule has 3 heteroatoms. The number of aryl methyl sites for hydroxylation is 2. The first-order valence-electron chi connectivity index (χ1n) is 12.7. The standard InChI is InChI=1S/C35H30N2O/c1-4-34(38)37(32-24-14-12-17-27(32)3)33-25-15-22-30(28-18-7-5-8-19-28)35(33)36(29-20-9-6-10-21-29)31-23-13-11-16-26(31)2/h4-25H,1H2,2-3H3. The summed E-state index contributed by atoms with van der Waals surface area (Å²) in [5.74, 6) is -0.191. The van der Waals surface area contributed by atoms with Gasteiger partial charge < -0.3 is 4.90 Å². The average molecular weight is 495 g/mol. The molecule has 0 heterocycles. The minimum Gasteiger partial charge on any atom is -0.308 e. The van der Waals surface area contributed by atoms with Gasteiger partial charge in [0.15, 0.2) is 0 Å². The van der Waals surface area contributed by atoms with E-state index in [2.05, 4.69) is 66.9 Å². The smallest absolute Gasteiger partial charge is 0.255 e. The van der Waals surface area contributed by atoms with Crippen LogP contribution in [0.25, 0.3) is 11.1 Å². The monoisotopic (exact) mass is 494 g/mol. The van der Waals surface area contributed by atoms with Crippen LogP contribution in [0.2, 0.25) is 0 Å². The summed E-state index contributed by atoms with van der Waals surface area (Å²) in [6.45, 7) is 7.98. The van der Waals surface area contributed by atoms with Gasteiger partial charge in [0.2, 0.25) is 0 Å². The molecule has 0 atom stereocenters. The summed E-state index contributed by atoms with van der Waals surface area (Å²) in [6, 6.07) is 43.1. The van der Waals surface area contributed by atoms with E-state index in [-0.39, 0.29) is 5.91 Å². The Morgan fingerprint density at radius 2 is 1.13 bits per heavy atom. The van der Waals surface area contributed by atoms with Crippen LogP contribution in [-0.2, 0) is 4.79 Å². The number of para-hydroxylation sites is 4. The van der Waals surface area contributed by atoms with Crippen molar-refractivity contribution in [1.29, 1.82) is 0 Å². The highest BCUT2D eigenvalue weighted by molar-refractivity contribution is 6.12. The molecule has 38 heavy (non-hydrogen) atoms. The summed E-state index contributed by atoms with van der Waals surface area (Å²) in [5.41, 5.74) is 8.77. The van der Waals surface area contributed by atoms with Gasteiger partial charge in [-0.3, -0.25) is 9.69 Å². The van der Waals surface area contributed by atoms with E-state index in [1.54, 1.807) is 4.90 Å². The van der Waals surface area contributed by atoms with E-state index in [4.69, 9.17) is 0 Å². The second-order valence-corrected chi connectivity index (χ2v) is 9.16. The van der Waals surface area contributed by atoms with Crippen LogP contribution in [0.5, 0.6) is 0 Å². The van der Waals surface area contributed by atoms with Gasteiger partial charge >= 0.3 is 0 Å². The maximum absolute atomic E-state index is 13.6. The second-order valence-electron chi connectivity index (χ2n) is 9.16. The van der Waals surface area contributed by atoms with Gasteiger partial charge in [0.25, 0.3) is 5.91 Å². The molecular formula is C35H30N2O. The third kappa shape index (κ3) is 4.74. The summed E-state index contributed by atoms with van der Waals surface area (Å²) in [7, 11) is 0. The Kier molecular flexibility index (Phi) is 7.19. The predicted molar refractivity (Wildman–Crippen MR) is 160 cm³/mol. The van der Waals surface area contributed by atoms with Crippen molar-refractivity contribution in [3.05, 3.63) is 151 Å². The molecular weight excluding hydrogens is 464 g/mol. The maximum Gasteiger partial charge on any atom is 0.255 e. The highest BCUT2D eigenvalue weighted by Gasteiger charge is 2.27. The fourth-order valence-electron chi connectivity index (χ4n) is 4.85. The lowest BCUT2D eigenvalue weighted by atomic mass is 9.98. The van der Waals surface area contributed by atoms with Crippen LogP contribution >= 0.6 is 0 Å². The van der Waals surface area contributed by atoms with Gasteiger partial charge in [-0.15, -0.1) is 0 Å². The molecule has 1 amide bonds. The molecule has 0 bridgehead atoms. The van der Waals surface area contributed by atoms with E-state index in [1.807, 2.05) is 85.8 Å². The number of carbonyl (C=O) groups excluding carboxylic acids is 1. The van der Waals surface area contributed by atoms with E-state index in [0.29, 0.717) is 0 Å². The third-order valence-electron chi connectivity index (χ3n) is 6.69. The SMILES string of the molecule is C=CC(=O)N(c1ccccc1C)c1cccc(-c2ccccc2)c1N(c1ccccc1)c1ccccc1C. The minimum atomic E-state index is -0.191. The average Bonchev–Trinajstić information content (AvgIpc) is 2.97. The first kappa shape index (κ1) is 24.8. The Hall–Kier alpha value is -4.89. The van der Waals surface area contributed by atoms with Gasteiger partial charge in [-0.25, -0.2) is 0 Å². The summed E-state index contributed by atoms with van der Waals surface area (Å²) < 4.78 is 0. The Morgan fingerprint density at radius 3 is 1.74 bits per heavy atom. The van der Waals surface area contributed by atoms with Gasteiger partial charge in [0, 0.05) is 16.9 Å². The number of rotatable bonds is 7. The van der Waals surface area contributed by atoms with Crippen LogP contribution in [0.4, 0.5) is 28.4 Å².